The Kier molecular flexibility index (Phi) is 7.22. The molecule has 0 saturated carbocycles. The second kappa shape index (κ2) is 10.7. The lowest BCUT2D eigenvalue weighted by Gasteiger charge is -2.34. The molecule has 2 aromatic heterocycles. The van der Waals surface area contributed by atoms with Crippen LogP contribution in [0, 0.1) is 0 Å². The van der Waals surface area contributed by atoms with Gasteiger partial charge in [-0.3, -0.25) is 4.79 Å². The van der Waals surface area contributed by atoms with Gasteiger partial charge in [-0.2, -0.15) is 0 Å². The number of benzene rings is 1. The zero-order valence-electron chi connectivity index (χ0n) is 20.0. The van der Waals surface area contributed by atoms with Crippen LogP contribution in [0.3, 0.4) is 0 Å². The van der Waals surface area contributed by atoms with E-state index >= 15 is 0 Å². The highest BCUT2D eigenvalue weighted by Gasteiger charge is 2.24. The second-order valence-corrected chi connectivity index (χ2v) is 10.00. The van der Waals surface area contributed by atoms with E-state index in [-0.39, 0.29) is 18.6 Å². The Hall–Kier alpha value is -3.07. The Morgan fingerprint density at radius 1 is 1.11 bits per heavy atom. The number of carbonyl (C=O) groups excluding carboxylic acids is 1. The van der Waals surface area contributed by atoms with Gasteiger partial charge in [-0.15, -0.1) is 11.3 Å². The molecule has 1 aliphatic heterocycles. The minimum atomic E-state index is -0.246. The fourth-order valence-corrected chi connectivity index (χ4v) is 5.81. The molecule has 5 rings (SSSR count). The van der Waals surface area contributed by atoms with Gasteiger partial charge in [0.15, 0.2) is 0 Å². The number of fused-ring (bicyclic) bond motifs is 1. The molecule has 3 heterocycles. The van der Waals surface area contributed by atoms with E-state index < -0.39 is 0 Å². The number of allylic oxidation sites excluding steroid dienone is 3. The van der Waals surface area contributed by atoms with E-state index in [1.165, 1.54) is 5.57 Å². The van der Waals surface area contributed by atoms with Crippen molar-refractivity contribution < 1.29 is 9.90 Å². The zero-order valence-corrected chi connectivity index (χ0v) is 20.8. The van der Waals surface area contributed by atoms with Crippen molar-refractivity contribution >= 4 is 38.9 Å². The number of likely N-dealkylation sites (N-methyl/N-ethyl adjacent to an activating group) is 1. The third-order valence-corrected chi connectivity index (χ3v) is 8.06. The second-order valence-electron chi connectivity index (χ2n) is 8.95. The highest BCUT2D eigenvalue weighted by Crippen LogP contribution is 2.37. The molecular formula is C27H31N5O2S. The number of amides is 1. The lowest BCUT2D eigenvalue weighted by Crippen LogP contribution is -2.48. The maximum Gasteiger partial charge on any atom is 0.249 e. The highest BCUT2D eigenvalue weighted by atomic mass is 32.1. The molecule has 0 radical (unpaired) electrons. The number of thiophene rings is 1. The third kappa shape index (κ3) is 5.15. The number of nitrogens with zero attached hydrogens (tertiary/aromatic N) is 4. The van der Waals surface area contributed by atoms with E-state index in [0.29, 0.717) is 0 Å². The summed E-state index contributed by atoms with van der Waals surface area (Å²) >= 11 is 1.65. The number of aliphatic hydroxyl groups excluding tert-OH is 1. The lowest BCUT2D eigenvalue weighted by atomic mass is 9.96. The van der Waals surface area contributed by atoms with Crippen LogP contribution in [0.5, 0.6) is 0 Å². The Bertz CT molecular complexity index is 1240. The van der Waals surface area contributed by atoms with E-state index in [2.05, 4.69) is 39.3 Å². The average molecular weight is 490 g/mol. The number of anilines is 1. The van der Waals surface area contributed by atoms with Crippen molar-refractivity contribution in [3.8, 4) is 0 Å². The number of carbonyl (C=O) groups is 1. The molecule has 1 unspecified atom stereocenters. The first kappa shape index (κ1) is 23.7. The average Bonchev–Trinajstić information content (AvgIpc) is 3.37. The van der Waals surface area contributed by atoms with Gasteiger partial charge in [-0.25, -0.2) is 9.97 Å². The van der Waals surface area contributed by atoms with E-state index in [1.54, 1.807) is 17.7 Å². The van der Waals surface area contributed by atoms with Gasteiger partial charge in [0.25, 0.3) is 0 Å². The summed E-state index contributed by atoms with van der Waals surface area (Å²) < 4.78 is 0.970. The van der Waals surface area contributed by atoms with Crippen molar-refractivity contribution in [2.24, 2.45) is 0 Å². The molecule has 2 N–H and O–H groups in total. The lowest BCUT2D eigenvalue weighted by molar-refractivity contribution is -0.129. The molecule has 7 nitrogen and oxygen atoms in total. The maximum absolute atomic E-state index is 13.0. The number of rotatable bonds is 7. The Labute approximate surface area is 209 Å². The topological polar surface area (TPSA) is 81.6 Å². The molecule has 182 valence electrons. The fraction of sp³-hybridized carbons (Fsp3) is 0.370. The van der Waals surface area contributed by atoms with Crippen molar-refractivity contribution in [3.63, 3.8) is 0 Å². The molecule has 35 heavy (non-hydrogen) atoms. The molecule has 1 amide bonds. The van der Waals surface area contributed by atoms with Crippen LogP contribution in [0.15, 0.2) is 60.5 Å². The van der Waals surface area contributed by atoms with E-state index in [1.807, 2.05) is 41.3 Å². The smallest absolute Gasteiger partial charge is 0.249 e. The molecule has 0 spiro atoms. The van der Waals surface area contributed by atoms with Gasteiger partial charge in [-0.05, 0) is 36.6 Å². The van der Waals surface area contributed by atoms with E-state index in [4.69, 9.17) is 0 Å². The highest BCUT2D eigenvalue weighted by molar-refractivity contribution is 7.20. The van der Waals surface area contributed by atoms with Crippen LogP contribution in [0.25, 0.3) is 15.8 Å². The Morgan fingerprint density at radius 2 is 1.91 bits per heavy atom. The van der Waals surface area contributed by atoms with Crippen LogP contribution < -0.4 is 5.32 Å². The molecule has 1 atom stereocenters. The summed E-state index contributed by atoms with van der Waals surface area (Å²) in [7, 11) is 0. The predicted molar refractivity (Wildman–Crippen MR) is 141 cm³/mol. The van der Waals surface area contributed by atoms with Gasteiger partial charge < -0.3 is 20.2 Å². The summed E-state index contributed by atoms with van der Waals surface area (Å²) in [5.41, 5.74) is 4.00. The van der Waals surface area contributed by atoms with Crippen molar-refractivity contribution in [1.82, 2.24) is 19.8 Å². The Balaban J connectivity index is 1.33. The first-order valence-corrected chi connectivity index (χ1v) is 13.1. The largest absolute Gasteiger partial charge is 0.394 e. The predicted octanol–water partition coefficient (Wildman–Crippen LogP) is 4.10. The molecule has 8 heteroatoms. The number of hydrogen-bond acceptors (Lipinski definition) is 7. The summed E-state index contributed by atoms with van der Waals surface area (Å²) in [4.78, 5) is 27.4. The van der Waals surface area contributed by atoms with Gasteiger partial charge >= 0.3 is 0 Å². The van der Waals surface area contributed by atoms with Crippen molar-refractivity contribution in [3.05, 3.63) is 70.9 Å². The molecule has 1 saturated heterocycles. The third-order valence-electron chi connectivity index (χ3n) is 6.85. The molecule has 1 fully saturated rings. The summed E-state index contributed by atoms with van der Waals surface area (Å²) in [6.07, 6.45) is 7.23. The fourth-order valence-electron chi connectivity index (χ4n) is 4.69. The number of aliphatic hydroxyl groups is 1. The van der Waals surface area contributed by atoms with Crippen LogP contribution in [0.4, 0.5) is 5.82 Å². The number of aromatic nitrogens is 2. The van der Waals surface area contributed by atoms with Gasteiger partial charge in [0.1, 0.15) is 12.1 Å². The standard InChI is InChI=1S/C27H31N5O2S/c1-2-31-12-14-32(15-13-31)27(34)21-10-8-20(9-11-21)24-16-22-25(35-24)26(29-18-28-22)30-23(17-33)19-6-4-3-5-7-19/h3-8,10,16,18,23,33H,2,9,11-15,17H2,1H3,(H,28,29,30). The van der Waals surface area contributed by atoms with Crippen LogP contribution in [-0.4, -0.2) is 70.1 Å². The van der Waals surface area contributed by atoms with Crippen molar-refractivity contribution in [2.45, 2.75) is 25.8 Å². The monoisotopic (exact) mass is 489 g/mol. The maximum atomic E-state index is 13.0. The Morgan fingerprint density at radius 3 is 2.60 bits per heavy atom. The first-order valence-electron chi connectivity index (χ1n) is 12.2. The quantitative estimate of drug-likeness (QED) is 0.520. The molecule has 1 aliphatic carbocycles. The van der Waals surface area contributed by atoms with Crippen molar-refractivity contribution in [2.75, 3.05) is 44.6 Å². The molecule has 0 bridgehead atoms. The van der Waals surface area contributed by atoms with Gasteiger partial charge in [0.05, 0.1) is 22.9 Å². The van der Waals surface area contributed by atoms with Gasteiger partial charge in [-0.1, -0.05) is 49.4 Å². The summed E-state index contributed by atoms with van der Waals surface area (Å²) in [6, 6.07) is 11.7. The molecule has 1 aromatic carbocycles. The molecule has 3 aromatic rings. The minimum Gasteiger partial charge on any atom is -0.394 e. The van der Waals surface area contributed by atoms with Crippen molar-refractivity contribution in [1.29, 1.82) is 0 Å². The van der Waals surface area contributed by atoms with Crippen LogP contribution in [0.1, 0.15) is 36.2 Å². The van der Waals surface area contributed by atoms with Gasteiger partial charge in [0.2, 0.25) is 5.91 Å². The van der Waals surface area contributed by atoms with E-state index in [9.17, 15) is 9.90 Å². The molecule has 2 aliphatic rings. The number of nitrogens with one attached hydrogen (secondary N) is 1. The van der Waals surface area contributed by atoms with Crippen LogP contribution in [0.2, 0.25) is 0 Å². The summed E-state index contributed by atoms with van der Waals surface area (Å²) in [5, 5.41) is 13.4. The first-order chi connectivity index (χ1) is 17.2. The SMILES string of the molecule is CCN1CCN(C(=O)C2=CC=C(c3cc4ncnc(NC(CO)c5ccccc5)c4s3)CC2)CC1. The normalized spacial score (nSPS) is 17.7. The summed E-state index contributed by atoms with van der Waals surface area (Å²) in [5.74, 6) is 0.906. The number of piperazine rings is 1. The van der Waals surface area contributed by atoms with Crippen LogP contribution in [-0.2, 0) is 4.79 Å². The number of hydrogen-bond donors (Lipinski definition) is 2. The van der Waals surface area contributed by atoms with E-state index in [0.717, 1.165) is 77.6 Å². The van der Waals surface area contributed by atoms with Crippen LogP contribution >= 0.6 is 11.3 Å². The summed E-state index contributed by atoms with van der Waals surface area (Å²) in [6.45, 7) is 6.70. The molecular weight excluding hydrogens is 458 g/mol. The zero-order chi connectivity index (χ0) is 24.2. The van der Waals surface area contributed by atoms with Gasteiger partial charge in [0, 0.05) is 36.6 Å². The minimum absolute atomic E-state index is 0.0337.